The molecule has 5 rings (SSSR count). The van der Waals surface area contributed by atoms with E-state index in [0.717, 1.165) is 18.8 Å². The molecule has 1 aliphatic rings. The van der Waals surface area contributed by atoms with Crippen LogP contribution < -0.4 is 4.74 Å². The number of benzene rings is 2. The van der Waals surface area contributed by atoms with E-state index in [2.05, 4.69) is 71.9 Å². The number of rotatable bonds is 4. The lowest BCUT2D eigenvalue weighted by Gasteiger charge is -2.14. The Balaban J connectivity index is 1.80. The minimum atomic E-state index is 0.192. The highest BCUT2D eigenvalue weighted by molar-refractivity contribution is 7.14. The van der Waals surface area contributed by atoms with Crippen molar-refractivity contribution in [1.82, 2.24) is 8.69 Å². The first kappa shape index (κ1) is 17.1. The molecule has 0 bridgehead atoms. The first-order chi connectivity index (χ1) is 13.2. The molecule has 0 amide bonds. The first-order valence-electron chi connectivity index (χ1n) is 10.0. The Labute approximate surface area is 164 Å². The molecule has 0 saturated carbocycles. The molecule has 1 aliphatic heterocycles. The van der Waals surface area contributed by atoms with Gasteiger partial charge >= 0.3 is 0 Å². The van der Waals surface area contributed by atoms with Crippen molar-refractivity contribution in [3.63, 3.8) is 0 Å². The summed E-state index contributed by atoms with van der Waals surface area (Å²) < 4.78 is 9.84. The van der Waals surface area contributed by atoms with E-state index in [1.54, 1.807) is 0 Å². The zero-order valence-electron chi connectivity index (χ0n) is 16.2. The van der Waals surface area contributed by atoms with Gasteiger partial charge in [-0.05, 0) is 63.2 Å². The molecule has 27 heavy (non-hydrogen) atoms. The fourth-order valence-electron chi connectivity index (χ4n) is 4.57. The minimum Gasteiger partial charge on any atom is -0.491 e. The maximum atomic E-state index is 6.03. The molecule has 0 N–H and O–H groups in total. The van der Waals surface area contributed by atoms with Gasteiger partial charge in [-0.15, -0.1) is 0 Å². The number of likely N-dealkylation sites (N-methyl/N-ethyl adjacent to an activating group) is 1. The largest absolute Gasteiger partial charge is 0.491 e. The number of nitrogens with zero attached hydrogens (tertiary/aromatic N) is 2. The lowest BCUT2D eigenvalue weighted by Crippen LogP contribution is -2.19. The lowest BCUT2D eigenvalue weighted by molar-refractivity contribution is 0.243. The van der Waals surface area contributed by atoms with Crippen LogP contribution in [0.2, 0.25) is 0 Å². The molecule has 140 valence electrons. The Morgan fingerprint density at radius 2 is 2.00 bits per heavy atom. The molecule has 4 heteroatoms. The molecule has 0 spiro atoms. The zero-order chi connectivity index (χ0) is 18.5. The van der Waals surface area contributed by atoms with Crippen molar-refractivity contribution in [2.75, 3.05) is 19.6 Å². The maximum Gasteiger partial charge on any atom is 0.120 e. The molecule has 4 aromatic rings. The van der Waals surface area contributed by atoms with E-state index in [1.807, 2.05) is 11.5 Å². The second-order valence-electron chi connectivity index (χ2n) is 7.87. The Hall–Kier alpha value is -2.04. The van der Waals surface area contributed by atoms with Crippen LogP contribution in [0.25, 0.3) is 26.5 Å². The molecule has 2 aromatic heterocycles. The first-order valence-corrected chi connectivity index (χ1v) is 10.8. The molecule has 3 nitrogen and oxygen atoms in total. The summed E-state index contributed by atoms with van der Waals surface area (Å²) in [5, 5.41) is 2.75. The van der Waals surface area contributed by atoms with Gasteiger partial charge in [0.15, 0.2) is 0 Å². The molecule has 0 aliphatic carbocycles. The number of aromatic nitrogens is 1. The van der Waals surface area contributed by atoms with Crippen LogP contribution in [0.3, 0.4) is 0 Å². The Bertz CT molecular complexity index is 1120. The molecule has 1 unspecified atom stereocenters. The van der Waals surface area contributed by atoms with Gasteiger partial charge in [-0.25, -0.2) is 0 Å². The van der Waals surface area contributed by atoms with Gasteiger partial charge in [0, 0.05) is 23.2 Å². The van der Waals surface area contributed by atoms with Crippen LogP contribution in [0.5, 0.6) is 5.75 Å². The molecule has 0 radical (unpaired) electrons. The Morgan fingerprint density at radius 3 is 2.78 bits per heavy atom. The van der Waals surface area contributed by atoms with E-state index in [4.69, 9.17) is 4.74 Å². The van der Waals surface area contributed by atoms with Crippen molar-refractivity contribution in [2.24, 2.45) is 0 Å². The van der Waals surface area contributed by atoms with Crippen LogP contribution in [-0.2, 0) is 0 Å². The number of fused-ring (bicyclic) bond motifs is 5. The molecule has 2 aromatic carbocycles. The summed E-state index contributed by atoms with van der Waals surface area (Å²) in [6.07, 6.45) is 1.43. The summed E-state index contributed by atoms with van der Waals surface area (Å²) in [4.78, 5) is 2.57. The number of hydrogen-bond donors (Lipinski definition) is 0. The summed E-state index contributed by atoms with van der Waals surface area (Å²) in [7, 11) is 0. The van der Waals surface area contributed by atoms with Crippen LogP contribution in [0, 0.1) is 0 Å². The molecule has 3 heterocycles. The van der Waals surface area contributed by atoms with Gasteiger partial charge in [-0.1, -0.05) is 36.7 Å². The van der Waals surface area contributed by atoms with E-state index in [0.29, 0.717) is 5.92 Å². The van der Waals surface area contributed by atoms with Gasteiger partial charge in [-0.2, -0.15) is 0 Å². The molecule has 1 saturated heterocycles. The summed E-state index contributed by atoms with van der Waals surface area (Å²) in [5.41, 5.74) is 4.25. The highest BCUT2D eigenvalue weighted by Crippen LogP contribution is 2.43. The maximum absolute atomic E-state index is 6.03. The van der Waals surface area contributed by atoms with Crippen molar-refractivity contribution >= 4 is 38.0 Å². The fourth-order valence-corrected chi connectivity index (χ4v) is 5.71. The van der Waals surface area contributed by atoms with E-state index in [1.165, 1.54) is 45.0 Å². The van der Waals surface area contributed by atoms with Gasteiger partial charge < -0.3 is 9.64 Å². The smallest absolute Gasteiger partial charge is 0.120 e. The van der Waals surface area contributed by atoms with Gasteiger partial charge in [0.25, 0.3) is 0 Å². The Morgan fingerprint density at radius 1 is 1.15 bits per heavy atom. The van der Waals surface area contributed by atoms with Crippen LogP contribution in [0.1, 0.15) is 38.7 Å². The van der Waals surface area contributed by atoms with Crippen LogP contribution in [0.4, 0.5) is 0 Å². The van der Waals surface area contributed by atoms with Crippen LogP contribution >= 0.6 is 11.5 Å². The molecular weight excluding hydrogens is 352 g/mol. The average molecular weight is 379 g/mol. The standard InChI is InChI=1S/C23H26N2OS/c1-4-24-12-11-16(14-24)22-19-13-17(26-15(2)3)9-10-20(19)25-23(22)18-7-5-6-8-21(18)27-25/h5-10,13,15-16H,4,11-12,14H2,1-3H3. The van der Waals surface area contributed by atoms with Crippen molar-refractivity contribution in [2.45, 2.75) is 39.2 Å². The zero-order valence-corrected chi connectivity index (χ0v) is 17.1. The van der Waals surface area contributed by atoms with Crippen molar-refractivity contribution in [1.29, 1.82) is 0 Å². The van der Waals surface area contributed by atoms with Crippen LogP contribution in [-0.4, -0.2) is 34.4 Å². The molecule has 1 atom stereocenters. The van der Waals surface area contributed by atoms with E-state index in [9.17, 15) is 0 Å². The second-order valence-corrected chi connectivity index (χ2v) is 8.86. The molecule has 1 fully saturated rings. The third-order valence-electron chi connectivity index (χ3n) is 5.77. The monoisotopic (exact) mass is 378 g/mol. The van der Waals surface area contributed by atoms with E-state index in [-0.39, 0.29) is 6.10 Å². The predicted octanol–water partition coefficient (Wildman–Crippen LogP) is 5.90. The second kappa shape index (κ2) is 6.54. The lowest BCUT2D eigenvalue weighted by atomic mass is 9.95. The predicted molar refractivity (Wildman–Crippen MR) is 116 cm³/mol. The van der Waals surface area contributed by atoms with Gasteiger partial charge in [-0.3, -0.25) is 3.79 Å². The average Bonchev–Trinajstić information content (AvgIpc) is 3.33. The van der Waals surface area contributed by atoms with Gasteiger partial charge in [0.05, 0.1) is 21.8 Å². The number of ether oxygens (including phenoxy) is 1. The van der Waals surface area contributed by atoms with Crippen molar-refractivity contribution in [3.8, 4) is 5.75 Å². The number of hydrogen-bond acceptors (Lipinski definition) is 3. The fraction of sp³-hybridized carbons (Fsp3) is 0.391. The third kappa shape index (κ3) is 2.74. The minimum absolute atomic E-state index is 0.192. The molecular formula is C23H26N2OS. The van der Waals surface area contributed by atoms with E-state index >= 15 is 0 Å². The summed E-state index contributed by atoms with van der Waals surface area (Å²) >= 11 is 1.86. The van der Waals surface area contributed by atoms with Crippen molar-refractivity contribution < 1.29 is 4.74 Å². The summed E-state index contributed by atoms with van der Waals surface area (Å²) in [5.74, 6) is 1.57. The summed E-state index contributed by atoms with van der Waals surface area (Å²) in [6, 6.07) is 15.5. The topological polar surface area (TPSA) is 16.9 Å². The highest BCUT2D eigenvalue weighted by Gasteiger charge is 2.29. The van der Waals surface area contributed by atoms with Gasteiger partial charge in [0.2, 0.25) is 0 Å². The van der Waals surface area contributed by atoms with Crippen molar-refractivity contribution in [3.05, 3.63) is 48.0 Å². The summed E-state index contributed by atoms with van der Waals surface area (Å²) in [6.45, 7) is 9.94. The van der Waals surface area contributed by atoms with Crippen LogP contribution in [0.15, 0.2) is 42.5 Å². The third-order valence-corrected chi connectivity index (χ3v) is 6.88. The highest BCUT2D eigenvalue weighted by atomic mass is 32.1. The SMILES string of the molecule is CCN1CCC(c2c3cc(OC(C)C)ccc3n3sc4ccccc4c23)C1. The van der Waals surface area contributed by atoms with E-state index < -0.39 is 0 Å². The number of likely N-dealkylation sites (tertiary alicyclic amines) is 1. The normalized spacial score (nSPS) is 18.4. The van der Waals surface area contributed by atoms with Gasteiger partial charge in [0.1, 0.15) is 5.75 Å². The quantitative estimate of drug-likeness (QED) is 0.439. The Kier molecular flexibility index (Phi) is 4.14.